The molecule has 1 aliphatic rings. The second-order valence-electron chi connectivity index (χ2n) is 15.7. The van der Waals surface area contributed by atoms with Gasteiger partial charge in [-0.3, -0.25) is 4.57 Å². The lowest BCUT2D eigenvalue weighted by molar-refractivity contribution is 0.00684. The SMILES string of the molecule is Cc1cc(C)c2c(ccn2C(=O)OC(C)(C)C)c1C[C@@H]1CCN(C(=O)OC(C)(C)C)CC[C@H]1c1ccc(C(=O)OC(C)(C)C)cc1. The fourth-order valence-corrected chi connectivity index (χ4v) is 6.33. The van der Waals surface area contributed by atoms with Gasteiger partial charge in [0.2, 0.25) is 0 Å². The van der Waals surface area contributed by atoms with Gasteiger partial charge in [-0.25, -0.2) is 14.4 Å². The number of aryl methyl sites for hydroxylation is 2. The van der Waals surface area contributed by atoms with E-state index in [4.69, 9.17) is 14.2 Å². The number of hydrogen-bond donors (Lipinski definition) is 0. The number of aromatic nitrogens is 1. The van der Waals surface area contributed by atoms with Crippen LogP contribution in [0.5, 0.6) is 0 Å². The van der Waals surface area contributed by atoms with Crippen molar-refractivity contribution in [3.8, 4) is 0 Å². The van der Waals surface area contributed by atoms with Crippen LogP contribution in [-0.2, 0) is 20.6 Å². The number of ether oxygens (including phenoxy) is 3. The molecule has 4 rings (SSSR count). The quantitative estimate of drug-likeness (QED) is 0.211. The third kappa shape index (κ3) is 8.71. The van der Waals surface area contributed by atoms with Gasteiger partial charge in [0.15, 0.2) is 0 Å². The van der Waals surface area contributed by atoms with Gasteiger partial charge in [0, 0.05) is 24.7 Å². The Kier molecular flexibility index (Phi) is 10.0. The van der Waals surface area contributed by atoms with E-state index >= 15 is 0 Å². The number of amides is 1. The van der Waals surface area contributed by atoms with Crippen LogP contribution in [0, 0.1) is 19.8 Å². The minimum atomic E-state index is -0.609. The fraction of sp³-hybridized carbons (Fsp3) is 0.553. The van der Waals surface area contributed by atoms with Crippen LogP contribution in [0.2, 0.25) is 0 Å². The van der Waals surface area contributed by atoms with Crippen LogP contribution in [-0.4, -0.2) is 57.5 Å². The Morgan fingerprint density at radius 2 is 1.30 bits per heavy atom. The maximum Gasteiger partial charge on any atom is 0.418 e. The molecule has 3 aromatic rings. The maximum absolute atomic E-state index is 13.2. The van der Waals surface area contributed by atoms with Crippen LogP contribution < -0.4 is 0 Å². The van der Waals surface area contributed by atoms with Gasteiger partial charge in [0.1, 0.15) is 16.8 Å². The summed E-state index contributed by atoms with van der Waals surface area (Å²) in [5.74, 6) is -0.0298. The molecule has 0 spiro atoms. The average Bonchev–Trinajstić information content (AvgIpc) is 3.24. The zero-order valence-corrected chi connectivity index (χ0v) is 29.6. The molecule has 2 atom stereocenters. The molecule has 0 aliphatic carbocycles. The van der Waals surface area contributed by atoms with E-state index in [9.17, 15) is 14.4 Å². The lowest BCUT2D eigenvalue weighted by atomic mass is 9.77. The standard InChI is InChI=1S/C38H52N2O6/c1-24-22-25(2)32-30(18-21-40(32)35(43)46-38(9,10)11)31(24)23-28-16-19-39(34(42)45-37(6,7)8)20-17-29(28)26-12-14-27(15-13-26)33(41)44-36(3,4)5/h12-15,18,21-22,28-29H,16-17,19-20,23H2,1-11H3/t28-,29-/m0/s1. The lowest BCUT2D eigenvalue weighted by Crippen LogP contribution is -2.37. The molecule has 8 heteroatoms. The number of nitrogens with zero attached hydrogens (tertiary/aromatic N) is 2. The van der Waals surface area contributed by atoms with Gasteiger partial charge in [-0.05, 0) is 148 Å². The number of esters is 1. The van der Waals surface area contributed by atoms with E-state index in [0.29, 0.717) is 18.7 Å². The second-order valence-corrected chi connectivity index (χ2v) is 15.7. The summed E-state index contributed by atoms with van der Waals surface area (Å²) in [5.41, 5.74) is 4.10. The molecular weight excluding hydrogens is 580 g/mol. The van der Waals surface area contributed by atoms with Crippen molar-refractivity contribution in [2.45, 2.75) is 118 Å². The molecule has 2 heterocycles. The first-order valence-electron chi connectivity index (χ1n) is 16.4. The Bertz CT molecular complexity index is 1580. The van der Waals surface area contributed by atoms with Crippen molar-refractivity contribution >= 4 is 29.1 Å². The molecule has 1 fully saturated rings. The number of hydrogen-bond acceptors (Lipinski definition) is 6. The van der Waals surface area contributed by atoms with Crippen LogP contribution in [0.3, 0.4) is 0 Å². The number of fused-ring (bicyclic) bond motifs is 1. The van der Waals surface area contributed by atoms with E-state index < -0.39 is 22.9 Å². The van der Waals surface area contributed by atoms with Crippen LogP contribution >= 0.6 is 0 Å². The number of carbonyl (C=O) groups is 3. The number of benzene rings is 2. The van der Waals surface area contributed by atoms with Gasteiger partial charge in [-0.2, -0.15) is 0 Å². The topological polar surface area (TPSA) is 87.1 Å². The van der Waals surface area contributed by atoms with E-state index in [2.05, 4.69) is 13.0 Å². The summed E-state index contributed by atoms with van der Waals surface area (Å²) in [7, 11) is 0. The molecular formula is C38H52N2O6. The first-order valence-corrected chi connectivity index (χ1v) is 16.4. The number of likely N-dealkylation sites (tertiary alicyclic amines) is 1. The largest absolute Gasteiger partial charge is 0.456 e. The minimum absolute atomic E-state index is 0.129. The fourth-order valence-electron chi connectivity index (χ4n) is 6.33. The van der Waals surface area contributed by atoms with E-state index in [1.165, 1.54) is 11.1 Å². The Morgan fingerprint density at radius 1 is 0.739 bits per heavy atom. The van der Waals surface area contributed by atoms with Gasteiger partial charge in [0.05, 0.1) is 11.1 Å². The summed E-state index contributed by atoms with van der Waals surface area (Å²) in [5, 5.41) is 1.04. The van der Waals surface area contributed by atoms with E-state index in [-0.39, 0.29) is 23.9 Å². The van der Waals surface area contributed by atoms with Crippen molar-refractivity contribution in [3.05, 3.63) is 70.4 Å². The van der Waals surface area contributed by atoms with E-state index in [1.54, 1.807) is 10.8 Å². The molecule has 0 radical (unpaired) electrons. The van der Waals surface area contributed by atoms with Crippen LogP contribution in [0.4, 0.5) is 9.59 Å². The molecule has 0 saturated carbocycles. The third-order valence-corrected chi connectivity index (χ3v) is 8.22. The molecule has 0 unspecified atom stereocenters. The summed E-state index contributed by atoms with van der Waals surface area (Å²) in [6, 6.07) is 11.9. The Hall–Kier alpha value is -3.81. The normalized spacial score (nSPS) is 17.8. The molecule has 250 valence electrons. The van der Waals surface area contributed by atoms with Crippen molar-refractivity contribution in [1.29, 1.82) is 0 Å². The molecule has 8 nitrogen and oxygen atoms in total. The zero-order chi connectivity index (χ0) is 34.2. The first-order chi connectivity index (χ1) is 21.2. The lowest BCUT2D eigenvalue weighted by Gasteiger charge is -2.27. The van der Waals surface area contributed by atoms with Crippen LogP contribution in [0.25, 0.3) is 10.9 Å². The highest BCUT2D eigenvalue weighted by Gasteiger charge is 2.33. The van der Waals surface area contributed by atoms with Crippen molar-refractivity contribution in [2.24, 2.45) is 5.92 Å². The van der Waals surface area contributed by atoms with Crippen LogP contribution in [0.15, 0.2) is 42.6 Å². The highest BCUT2D eigenvalue weighted by Crippen LogP contribution is 2.39. The highest BCUT2D eigenvalue weighted by atomic mass is 16.6. The smallest absolute Gasteiger partial charge is 0.418 e. The van der Waals surface area contributed by atoms with Crippen LogP contribution in [0.1, 0.15) is 114 Å². The zero-order valence-electron chi connectivity index (χ0n) is 29.6. The van der Waals surface area contributed by atoms with Gasteiger partial charge in [-0.15, -0.1) is 0 Å². The molecule has 1 aliphatic heterocycles. The molecule has 0 N–H and O–H groups in total. The predicted octanol–water partition coefficient (Wildman–Crippen LogP) is 8.97. The van der Waals surface area contributed by atoms with Gasteiger partial charge in [0.25, 0.3) is 0 Å². The molecule has 2 aromatic carbocycles. The maximum atomic E-state index is 13.2. The Balaban J connectivity index is 1.71. The van der Waals surface area contributed by atoms with Crippen molar-refractivity contribution in [2.75, 3.05) is 13.1 Å². The number of carbonyl (C=O) groups excluding carboxylic acids is 3. The van der Waals surface area contributed by atoms with Crippen molar-refractivity contribution in [1.82, 2.24) is 9.47 Å². The molecule has 46 heavy (non-hydrogen) atoms. The molecule has 1 saturated heterocycles. The minimum Gasteiger partial charge on any atom is -0.456 e. The van der Waals surface area contributed by atoms with Crippen molar-refractivity contribution in [3.63, 3.8) is 0 Å². The van der Waals surface area contributed by atoms with Crippen molar-refractivity contribution < 1.29 is 28.6 Å². The second kappa shape index (κ2) is 13.1. The van der Waals surface area contributed by atoms with E-state index in [0.717, 1.165) is 41.3 Å². The summed E-state index contributed by atoms with van der Waals surface area (Å²) in [4.78, 5) is 40.9. The molecule has 1 aromatic heterocycles. The Labute approximate surface area is 274 Å². The van der Waals surface area contributed by atoms with Gasteiger partial charge >= 0.3 is 18.2 Å². The molecule has 0 bridgehead atoms. The summed E-state index contributed by atoms with van der Waals surface area (Å²) in [6.45, 7) is 22.1. The first kappa shape index (κ1) is 35.1. The Morgan fingerprint density at radius 3 is 1.89 bits per heavy atom. The summed E-state index contributed by atoms with van der Waals surface area (Å²) >= 11 is 0. The molecule has 1 amide bonds. The van der Waals surface area contributed by atoms with Gasteiger partial charge < -0.3 is 19.1 Å². The van der Waals surface area contributed by atoms with Gasteiger partial charge in [-0.1, -0.05) is 18.2 Å². The monoisotopic (exact) mass is 632 g/mol. The predicted molar refractivity (Wildman–Crippen MR) is 182 cm³/mol. The van der Waals surface area contributed by atoms with E-state index in [1.807, 2.05) is 104 Å². The highest BCUT2D eigenvalue weighted by molar-refractivity contribution is 5.94. The summed E-state index contributed by atoms with van der Waals surface area (Å²) < 4.78 is 18.7. The summed E-state index contributed by atoms with van der Waals surface area (Å²) in [6.07, 6.45) is 3.41. The third-order valence-electron chi connectivity index (χ3n) is 8.22. The number of rotatable bonds is 4. The average molecular weight is 633 g/mol.